The van der Waals surface area contributed by atoms with Gasteiger partial charge < -0.3 is 24.9 Å². The van der Waals surface area contributed by atoms with Crippen LogP contribution < -0.4 is 25.5 Å². The summed E-state index contributed by atoms with van der Waals surface area (Å²) in [6.07, 6.45) is 2.94. The highest BCUT2D eigenvalue weighted by molar-refractivity contribution is 9.10. The van der Waals surface area contributed by atoms with Gasteiger partial charge in [0.05, 0.1) is 30.6 Å². The molecule has 1 aliphatic heterocycles. The minimum atomic E-state index is -0.410. The Hall–Kier alpha value is -2.48. The van der Waals surface area contributed by atoms with Crippen molar-refractivity contribution in [1.29, 1.82) is 0 Å². The van der Waals surface area contributed by atoms with Gasteiger partial charge in [0.2, 0.25) is 5.88 Å². The molecule has 0 aliphatic carbocycles. The van der Waals surface area contributed by atoms with Gasteiger partial charge in [0.15, 0.2) is 17.4 Å². The minimum Gasteiger partial charge on any atom is -0.493 e. The van der Waals surface area contributed by atoms with Gasteiger partial charge >= 0.3 is 0 Å². The van der Waals surface area contributed by atoms with Gasteiger partial charge in [-0.05, 0) is 39.7 Å². The molecule has 23 heavy (non-hydrogen) atoms. The first-order chi connectivity index (χ1) is 11.0. The second kappa shape index (κ2) is 5.96. The van der Waals surface area contributed by atoms with Gasteiger partial charge in [-0.15, -0.1) is 0 Å². The van der Waals surface area contributed by atoms with E-state index in [1.54, 1.807) is 26.4 Å². The van der Waals surface area contributed by atoms with Gasteiger partial charge in [-0.25, -0.2) is 4.98 Å². The van der Waals surface area contributed by atoms with Gasteiger partial charge in [-0.2, -0.15) is 0 Å². The normalized spacial score (nSPS) is 16.1. The number of aromatic amines is 1. The molecule has 0 fully saturated rings. The van der Waals surface area contributed by atoms with E-state index in [2.05, 4.69) is 25.9 Å². The summed E-state index contributed by atoms with van der Waals surface area (Å²) >= 11 is 3.45. The van der Waals surface area contributed by atoms with Crippen molar-refractivity contribution in [2.75, 3.05) is 14.2 Å². The predicted molar refractivity (Wildman–Crippen MR) is 86.8 cm³/mol. The molecule has 0 saturated carbocycles. The molecule has 2 heterocycles. The number of hydrogen-bond donors (Lipinski definition) is 2. The molecule has 0 amide bonds. The zero-order chi connectivity index (χ0) is 16.6. The Labute approximate surface area is 140 Å². The number of aromatic nitrogens is 2. The van der Waals surface area contributed by atoms with Gasteiger partial charge in [-0.3, -0.25) is 4.79 Å². The fourth-order valence-electron chi connectivity index (χ4n) is 2.52. The van der Waals surface area contributed by atoms with E-state index in [1.165, 1.54) is 6.33 Å². The van der Waals surface area contributed by atoms with Crippen LogP contribution in [0.1, 0.15) is 17.0 Å². The maximum absolute atomic E-state index is 12.2. The number of H-pyrrole nitrogens is 1. The van der Waals surface area contributed by atoms with E-state index in [0.29, 0.717) is 21.5 Å². The smallest absolute Gasteiger partial charge is 0.258 e. The van der Waals surface area contributed by atoms with E-state index in [-0.39, 0.29) is 17.3 Å². The lowest BCUT2D eigenvalue weighted by Gasteiger charge is -2.22. The minimum absolute atomic E-state index is 0.187. The average Bonchev–Trinajstić information content (AvgIpc) is 2.53. The van der Waals surface area contributed by atoms with E-state index in [0.717, 1.165) is 5.56 Å². The number of halogens is 1. The van der Waals surface area contributed by atoms with Crippen molar-refractivity contribution in [2.24, 2.45) is 5.73 Å². The Morgan fingerprint density at radius 1 is 1.35 bits per heavy atom. The number of nitrogens with one attached hydrogen (secondary N) is 1. The summed E-state index contributed by atoms with van der Waals surface area (Å²) in [5.74, 6) is 1.08. The van der Waals surface area contributed by atoms with Crippen molar-refractivity contribution in [1.82, 2.24) is 9.97 Å². The number of methoxy groups -OCH3 is 2. The van der Waals surface area contributed by atoms with Gasteiger partial charge in [0, 0.05) is 5.92 Å². The molecule has 120 valence electrons. The van der Waals surface area contributed by atoms with Gasteiger partial charge in [-0.1, -0.05) is 0 Å². The molecule has 1 unspecified atom stereocenters. The van der Waals surface area contributed by atoms with Gasteiger partial charge in [0.1, 0.15) is 0 Å². The number of nitrogens with two attached hydrogens (primary N) is 1. The number of allylic oxidation sites excluding steroid dienone is 1. The SMILES string of the molecule is COc1cc(C2C=C(N)Oc3nc[nH]c(=O)c32)cc(Br)c1OC. The number of fused-ring (bicyclic) bond motifs is 1. The zero-order valence-electron chi connectivity index (χ0n) is 12.4. The van der Waals surface area contributed by atoms with E-state index in [4.69, 9.17) is 19.9 Å². The number of benzene rings is 1. The molecule has 0 radical (unpaired) electrons. The first-order valence-corrected chi connectivity index (χ1v) is 7.48. The molecular weight excluding hydrogens is 366 g/mol. The molecule has 1 atom stereocenters. The largest absolute Gasteiger partial charge is 0.493 e. The van der Waals surface area contributed by atoms with E-state index in [1.807, 2.05) is 6.07 Å². The summed E-state index contributed by atoms with van der Waals surface area (Å²) in [6, 6.07) is 3.64. The van der Waals surface area contributed by atoms with Crippen molar-refractivity contribution in [3.05, 3.63) is 56.4 Å². The Kier molecular flexibility index (Phi) is 3.99. The maximum Gasteiger partial charge on any atom is 0.258 e. The summed E-state index contributed by atoms with van der Waals surface area (Å²) in [7, 11) is 3.10. The van der Waals surface area contributed by atoms with Crippen LogP contribution in [-0.2, 0) is 0 Å². The third-order valence-corrected chi connectivity index (χ3v) is 4.11. The Balaban J connectivity index is 2.21. The van der Waals surface area contributed by atoms with Gasteiger partial charge in [0.25, 0.3) is 5.56 Å². The maximum atomic E-state index is 12.2. The highest BCUT2D eigenvalue weighted by Gasteiger charge is 2.28. The highest BCUT2D eigenvalue weighted by atomic mass is 79.9. The lowest BCUT2D eigenvalue weighted by molar-refractivity contribution is 0.352. The van der Waals surface area contributed by atoms with Crippen molar-refractivity contribution in [3.63, 3.8) is 0 Å². The molecule has 3 N–H and O–H groups in total. The Bertz CT molecular complexity index is 847. The highest BCUT2D eigenvalue weighted by Crippen LogP contribution is 2.41. The molecular formula is C15H14BrN3O4. The van der Waals surface area contributed by atoms with Crippen molar-refractivity contribution >= 4 is 15.9 Å². The lowest BCUT2D eigenvalue weighted by Crippen LogP contribution is -2.25. The first kappa shape index (κ1) is 15.4. The third-order valence-electron chi connectivity index (χ3n) is 3.52. The topological polar surface area (TPSA) is 99.5 Å². The molecule has 0 saturated heterocycles. The van der Waals surface area contributed by atoms with Crippen LogP contribution in [0.4, 0.5) is 0 Å². The van der Waals surface area contributed by atoms with Crippen molar-refractivity contribution in [2.45, 2.75) is 5.92 Å². The molecule has 2 aromatic rings. The molecule has 1 aromatic heterocycles. The summed E-state index contributed by atoms with van der Waals surface area (Å²) in [5, 5.41) is 0. The molecule has 0 spiro atoms. The second-order valence-electron chi connectivity index (χ2n) is 4.84. The quantitative estimate of drug-likeness (QED) is 0.844. The van der Waals surface area contributed by atoms with E-state index in [9.17, 15) is 4.79 Å². The first-order valence-electron chi connectivity index (χ1n) is 6.69. The van der Waals surface area contributed by atoms with Crippen LogP contribution in [0.3, 0.4) is 0 Å². The average molecular weight is 380 g/mol. The molecule has 7 nitrogen and oxygen atoms in total. The molecule has 1 aliphatic rings. The summed E-state index contributed by atoms with van der Waals surface area (Å²) in [4.78, 5) is 18.8. The van der Waals surface area contributed by atoms with Crippen LogP contribution in [0.25, 0.3) is 0 Å². The Morgan fingerprint density at radius 2 is 2.13 bits per heavy atom. The van der Waals surface area contributed by atoms with E-state index >= 15 is 0 Å². The zero-order valence-corrected chi connectivity index (χ0v) is 14.0. The lowest BCUT2D eigenvalue weighted by atomic mass is 9.91. The van der Waals surface area contributed by atoms with Crippen LogP contribution in [0.15, 0.2) is 39.7 Å². The standard InChI is InChI=1S/C15H14BrN3O4/c1-21-10-4-7(3-9(16)13(10)22-2)8-5-11(17)23-15-12(8)14(20)18-6-19-15/h3-6,8H,17H2,1-2H3,(H,18,19,20). The fourth-order valence-corrected chi connectivity index (χ4v) is 3.14. The molecule has 1 aromatic carbocycles. The van der Waals surface area contributed by atoms with Crippen LogP contribution in [-0.4, -0.2) is 24.2 Å². The van der Waals surface area contributed by atoms with Crippen molar-refractivity contribution in [3.8, 4) is 17.4 Å². The molecule has 8 heteroatoms. The van der Waals surface area contributed by atoms with Crippen LogP contribution in [0.2, 0.25) is 0 Å². The summed E-state index contributed by atoms with van der Waals surface area (Å²) in [5.41, 5.74) is 6.71. The van der Waals surface area contributed by atoms with Crippen molar-refractivity contribution < 1.29 is 14.2 Å². The molecule has 0 bridgehead atoms. The number of hydrogen-bond acceptors (Lipinski definition) is 6. The fraction of sp³-hybridized carbons (Fsp3) is 0.200. The number of rotatable bonds is 3. The monoisotopic (exact) mass is 379 g/mol. The Morgan fingerprint density at radius 3 is 2.83 bits per heavy atom. The van der Waals surface area contributed by atoms with Crippen LogP contribution in [0.5, 0.6) is 17.4 Å². The van der Waals surface area contributed by atoms with Crippen LogP contribution in [0, 0.1) is 0 Å². The predicted octanol–water partition coefficient (Wildman–Crippen LogP) is 1.87. The summed E-state index contributed by atoms with van der Waals surface area (Å²) in [6.45, 7) is 0. The number of nitrogens with zero attached hydrogens (tertiary/aromatic N) is 1. The number of ether oxygens (including phenoxy) is 3. The third kappa shape index (κ3) is 2.65. The van der Waals surface area contributed by atoms with E-state index < -0.39 is 5.92 Å². The van der Waals surface area contributed by atoms with Crippen LogP contribution >= 0.6 is 15.9 Å². The molecule has 3 rings (SSSR count). The second-order valence-corrected chi connectivity index (χ2v) is 5.69. The summed E-state index contributed by atoms with van der Waals surface area (Å²) < 4.78 is 16.7.